The average Bonchev–Trinajstić information content (AvgIpc) is 3.72. The van der Waals surface area contributed by atoms with E-state index in [1.165, 1.54) is 6.20 Å². The highest BCUT2D eigenvalue weighted by Gasteiger charge is 2.30. The summed E-state index contributed by atoms with van der Waals surface area (Å²) in [7, 11) is 0. The molecule has 32 heavy (non-hydrogen) atoms. The van der Waals surface area contributed by atoms with Gasteiger partial charge in [-0.3, -0.25) is 14.7 Å². The summed E-state index contributed by atoms with van der Waals surface area (Å²) in [6.07, 6.45) is 6.05. The van der Waals surface area contributed by atoms with Crippen molar-refractivity contribution < 1.29 is 14.0 Å². The summed E-state index contributed by atoms with van der Waals surface area (Å²) in [6.45, 7) is 4.02. The first-order chi connectivity index (χ1) is 15.5. The molecule has 9 nitrogen and oxygen atoms in total. The normalized spacial score (nSPS) is 17.6. The minimum absolute atomic E-state index is 0.128. The number of hydrogen-bond donors (Lipinski definition) is 3. The molecule has 0 unspecified atom stereocenters. The van der Waals surface area contributed by atoms with Gasteiger partial charge in [-0.15, -0.1) is 0 Å². The minimum atomic E-state index is -0.261. The molecule has 0 saturated heterocycles. The fourth-order valence-corrected chi connectivity index (χ4v) is 3.78. The number of hydrogen-bond acceptors (Lipinski definition) is 6. The van der Waals surface area contributed by atoms with E-state index in [1.54, 1.807) is 0 Å². The van der Waals surface area contributed by atoms with Crippen LogP contribution in [0.5, 0.6) is 0 Å². The van der Waals surface area contributed by atoms with Gasteiger partial charge in [0.15, 0.2) is 5.82 Å². The highest BCUT2D eigenvalue weighted by molar-refractivity contribution is 5.92. The number of nitrogens with zero attached hydrogens (tertiary/aromatic N) is 3. The summed E-state index contributed by atoms with van der Waals surface area (Å²) in [5.41, 5.74) is 1.40. The Morgan fingerprint density at radius 3 is 2.38 bits per heavy atom. The maximum Gasteiger partial charge on any atom is 0.288 e. The van der Waals surface area contributed by atoms with Crippen molar-refractivity contribution in [3.8, 4) is 22.8 Å². The zero-order valence-corrected chi connectivity index (χ0v) is 18.1. The van der Waals surface area contributed by atoms with Crippen LogP contribution in [0.25, 0.3) is 22.8 Å². The molecule has 2 fully saturated rings. The Morgan fingerprint density at radius 2 is 1.69 bits per heavy atom. The van der Waals surface area contributed by atoms with Crippen LogP contribution in [0.4, 0.5) is 0 Å². The lowest BCUT2D eigenvalue weighted by atomic mass is 10.1. The number of oxazole rings is 1. The van der Waals surface area contributed by atoms with E-state index in [9.17, 15) is 9.59 Å². The summed E-state index contributed by atoms with van der Waals surface area (Å²) in [5, 5.41) is 12.8. The second-order valence-electron chi connectivity index (χ2n) is 8.82. The summed E-state index contributed by atoms with van der Waals surface area (Å²) < 4.78 is 5.70. The molecular weight excluding hydrogens is 408 g/mol. The Labute approximate surface area is 185 Å². The van der Waals surface area contributed by atoms with E-state index in [0.717, 1.165) is 25.7 Å². The van der Waals surface area contributed by atoms with Crippen molar-refractivity contribution in [3.63, 3.8) is 0 Å². The number of amides is 2. The number of carbonyl (C=O) groups is 2. The maximum atomic E-state index is 12.4. The van der Waals surface area contributed by atoms with E-state index in [4.69, 9.17) is 4.42 Å². The smallest absolute Gasteiger partial charge is 0.288 e. The Bertz CT molecular complexity index is 1060. The number of benzene rings is 1. The molecule has 5 rings (SSSR count). The lowest BCUT2D eigenvalue weighted by molar-refractivity contribution is 0.0905. The SMILES string of the molecule is C[C@H](NC(=O)c1nc(-c2cccc(-c3ncc(C(=O)N[C@@H](C)C4CC4)o3)c2)n[nH]1)C1CC1. The van der Waals surface area contributed by atoms with Gasteiger partial charge >= 0.3 is 0 Å². The first-order valence-electron chi connectivity index (χ1n) is 11.1. The standard InChI is InChI=1S/C23H26N6O3/c1-12(14-6-7-14)25-21(30)18-11-24-23(32-18)17-5-3-4-16(10-17)19-27-20(29-28-19)22(31)26-13(2)15-8-9-15/h3-5,10-15H,6-9H2,1-2H3,(H,25,30)(H,26,31)(H,27,28,29)/t12-,13-/m0/s1. The van der Waals surface area contributed by atoms with Crippen LogP contribution in [0.15, 0.2) is 34.9 Å². The zero-order chi connectivity index (χ0) is 22.2. The van der Waals surface area contributed by atoms with Gasteiger partial charge in [-0.1, -0.05) is 12.1 Å². The molecule has 0 aliphatic heterocycles. The molecule has 3 N–H and O–H groups in total. The predicted molar refractivity (Wildman–Crippen MR) is 117 cm³/mol. The quantitative estimate of drug-likeness (QED) is 0.500. The molecule has 2 atom stereocenters. The highest BCUT2D eigenvalue weighted by Crippen LogP contribution is 2.33. The third kappa shape index (κ3) is 4.42. The molecule has 9 heteroatoms. The third-order valence-electron chi connectivity index (χ3n) is 6.17. The number of aromatic nitrogens is 4. The van der Waals surface area contributed by atoms with Gasteiger partial charge in [-0.25, -0.2) is 9.97 Å². The summed E-state index contributed by atoms with van der Waals surface area (Å²) in [6, 6.07) is 7.58. The van der Waals surface area contributed by atoms with Gasteiger partial charge in [0.2, 0.25) is 17.5 Å². The van der Waals surface area contributed by atoms with Crippen LogP contribution in [-0.2, 0) is 0 Å². The molecule has 2 aliphatic rings. The van der Waals surface area contributed by atoms with E-state index < -0.39 is 0 Å². The molecule has 2 heterocycles. The number of nitrogens with one attached hydrogen (secondary N) is 3. The molecule has 166 valence electrons. The van der Waals surface area contributed by atoms with Crippen molar-refractivity contribution in [3.05, 3.63) is 42.0 Å². The van der Waals surface area contributed by atoms with Crippen LogP contribution < -0.4 is 10.6 Å². The zero-order valence-electron chi connectivity index (χ0n) is 18.1. The van der Waals surface area contributed by atoms with Crippen molar-refractivity contribution in [1.29, 1.82) is 0 Å². The monoisotopic (exact) mass is 434 g/mol. The number of rotatable bonds is 8. The van der Waals surface area contributed by atoms with E-state index in [0.29, 0.717) is 34.7 Å². The van der Waals surface area contributed by atoms with Crippen molar-refractivity contribution in [2.75, 3.05) is 0 Å². The van der Waals surface area contributed by atoms with Crippen LogP contribution in [0.2, 0.25) is 0 Å². The molecule has 3 aromatic rings. The lowest BCUT2D eigenvalue weighted by Crippen LogP contribution is -2.34. The van der Waals surface area contributed by atoms with Crippen molar-refractivity contribution in [1.82, 2.24) is 30.8 Å². The van der Waals surface area contributed by atoms with Crippen LogP contribution in [-0.4, -0.2) is 44.1 Å². The average molecular weight is 435 g/mol. The summed E-state index contributed by atoms with van der Waals surface area (Å²) in [4.78, 5) is 33.4. The van der Waals surface area contributed by atoms with Crippen molar-refractivity contribution in [2.45, 2.75) is 51.6 Å². The molecule has 0 radical (unpaired) electrons. The summed E-state index contributed by atoms with van der Waals surface area (Å²) in [5.74, 6) is 1.69. The molecule has 2 saturated carbocycles. The van der Waals surface area contributed by atoms with Gasteiger partial charge in [0, 0.05) is 23.2 Å². The second-order valence-corrected chi connectivity index (χ2v) is 8.82. The van der Waals surface area contributed by atoms with E-state index >= 15 is 0 Å². The predicted octanol–water partition coefficient (Wildman–Crippen LogP) is 3.18. The molecule has 0 bridgehead atoms. The first kappa shape index (κ1) is 20.4. The van der Waals surface area contributed by atoms with Gasteiger partial charge in [-0.2, -0.15) is 5.10 Å². The second kappa shape index (κ2) is 8.22. The van der Waals surface area contributed by atoms with Crippen molar-refractivity contribution in [2.24, 2.45) is 11.8 Å². The van der Waals surface area contributed by atoms with Crippen LogP contribution >= 0.6 is 0 Å². The number of aromatic amines is 1. The molecule has 1 aromatic carbocycles. The fraction of sp³-hybridized carbons (Fsp3) is 0.435. The van der Waals surface area contributed by atoms with Gasteiger partial charge < -0.3 is 15.1 Å². The van der Waals surface area contributed by atoms with Gasteiger partial charge in [0.05, 0.1) is 6.20 Å². The minimum Gasteiger partial charge on any atom is -0.431 e. The van der Waals surface area contributed by atoms with Crippen LogP contribution in [0.3, 0.4) is 0 Å². The molecular formula is C23H26N6O3. The fourth-order valence-electron chi connectivity index (χ4n) is 3.78. The number of carbonyl (C=O) groups excluding carboxylic acids is 2. The first-order valence-corrected chi connectivity index (χ1v) is 11.1. The molecule has 2 aromatic heterocycles. The van der Waals surface area contributed by atoms with E-state index in [2.05, 4.69) is 30.8 Å². The number of H-pyrrole nitrogens is 1. The van der Waals surface area contributed by atoms with E-state index in [1.807, 2.05) is 38.1 Å². The van der Waals surface area contributed by atoms with E-state index in [-0.39, 0.29) is 35.5 Å². The third-order valence-corrected chi connectivity index (χ3v) is 6.17. The topological polar surface area (TPSA) is 126 Å². The van der Waals surface area contributed by atoms with Crippen molar-refractivity contribution >= 4 is 11.8 Å². The lowest BCUT2D eigenvalue weighted by Gasteiger charge is -2.10. The Balaban J connectivity index is 1.29. The van der Waals surface area contributed by atoms with Crippen LogP contribution in [0.1, 0.15) is 60.7 Å². The van der Waals surface area contributed by atoms with Gasteiger partial charge in [-0.05, 0) is 63.5 Å². The largest absolute Gasteiger partial charge is 0.431 e. The highest BCUT2D eigenvalue weighted by atomic mass is 16.4. The van der Waals surface area contributed by atoms with Crippen LogP contribution in [0, 0.1) is 11.8 Å². The molecule has 0 spiro atoms. The summed E-state index contributed by atoms with van der Waals surface area (Å²) >= 11 is 0. The van der Waals surface area contributed by atoms with Gasteiger partial charge in [0.25, 0.3) is 11.8 Å². The van der Waals surface area contributed by atoms with Gasteiger partial charge in [0.1, 0.15) is 0 Å². The Hall–Kier alpha value is -3.49. The Kier molecular flexibility index (Phi) is 5.24. The molecule has 2 amide bonds. The molecule has 2 aliphatic carbocycles. The Morgan fingerprint density at radius 1 is 1.03 bits per heavy atom. The maximum absolute atomic E-state index is 12.4.